The first-order valence-corrected chi connectivity index (χ1v) is 11.0. The Labute approximate surface area is 187 Å². The first-order valence-electron chi connectivity index (χ1n) is 11.0. The van der Waals surface area contributed by atoms with E-state index in [0.29, 0.717) is 25.1 Å². The smallest absolute Gasteiger partial charge is 0.333 e. The third-order valence-corrected chi connectivity index (χ3v) is 6.05. The summed E-state index contributed by atoms with van der Waals surface area (Å²) < 4.78 is 4.87. The predicted molar refractivity (Wildman–Crippen MR) is 119 cm³/mol. The van der Waals surface area contributed by atoms with Crippen LogP contribution in [0.4, 0.5) is 5.82 Å². The van der Waals surface area contributed by atoms with Crippen LogP contribution in [0.15, 0.2) is 42.5 Å². The third kappa shape index (κ3) is 4.90. The average Bonchev–Trinajstić information content (AvgIpc) is 3.33. The van der Waals surface area contributed by atoms with Gasteiger partial charge in [0.05, 0.1) is 25.1 Å². The standard InChI is InChI=1S/C24H28N4O4/c1-32-24(31)21(16-6-3-2-4-7-16)27-23(30)18-11-13-28(15-18)20(29)14-19-10-9-17-8-5-12-25-22(17)26-19/h2-4,6-7,9-10,18,21H,5,8,11-15H2,1H3,(H,25,26)(H,27,30)/t18?,21-/m1/s1. The van der Waals surface area contributed by atoms with Crippen LogP contribution < -0.4 is 10.6 Å². The number of ether oxygens (including phenoxy) is 1. The summed E-state index contributed by atoms with van der Waals surface area (Å²) >= 11 is 0. The van der Waals surface area contributed by atoms with Gasteiger partial charge in [-0.25, -0.2) is 9.78 Å². The van der Waals surface area contributed by atoms with Gasteiger partial charge in [0.1, 0.15) is 5.82 Å². The summed E-state index contributed by atoms with van der Waals surface area (Å²) in [7, 11) is 1.30. The van der Waals surface area contributed by atoms with E-state index in [2.05, 4.69) is 15.6 Å². The Morgan fingerprint density at radius 3 is 2.81 bits per heavy atom. The van der Waals surface area contributed by atoms with Crippen LogP contribution in [0.1, 0.15) is 35.7 Å². The molecule has 4 rings (SSSR count). The zero-order chi connectivity index (χ0) is 22.5. The Bertz CT molecular complexity index is 995. The fraction of sp³-hybridized carbons (Fsp3) is 0.417. The van der Waals surface area contributed by atoms with Gasteiger partial charge in [0.15, 0.2) is 6.04 Å². The first-order chi connectivity index (χ1) is 15.5. The van der Waals surface area contributed by atoms with Gasteiger partial charge in [-0.2, -0.15) is 0 Å². The molecule has 0 aliphatic carbocycles. The largest absolute Gasteiger partial charge is 0.467 e. The number of nitrogens with zero attached hydrogens (tertiary/aromatic N) is 2. The highest BCUT2D eigenvalue weighted by Gasteiger charge is 2.34. The number of benzene rings is 1. The summed E-state index contributed by atoms with van der Waals surface area (Å²) in [5.41, 5.74) is 2.57. The maximum atomic E-state index is 12.9. The van der Waals surface area contributed by atoms with Crippen molar-refractivity contribution < 1.29 is 19.1 Å². The molecule has 8 nitrogen and oxygen atoms in total. The molecule has 1 unspecified atom stereocenters. The molecule has 2 aliphatic heterocycles. The molecule has 168 valence electrons. The molecule has 1 aromatic heterocycles. The summed E-state index contributed by atoms with van der Waals surface area (Å²) in [5.74, 6) is -0.322. The minimum atomic E-state index is -0.870. The van der Waals surface area contributed by atoms with Gasteiger partial charge in [-0.1, -0.05) is 36.4 Å². The molecular weight excluding hydrogens is 408 g/mol. The normalized spacial score (nSPS) is 18.3. The van der Waals surface area contributed by atoms with Gasteiger partial charge in [-0.05, 0) is 36.5 Å². The van der Waals surface area contributed by atoms with Crippen LogP contribution in [0.3, 0.4) is 0 Å². The van der Waals surface area contributed by atoms with Gasteiger partial charge in [0.2, 0.25) is 11.8 Å². The maximum absolute atomic E-state index is 12.9. The molecule has 3 heterocycles. The number of rotatable bonds is 6. The molecule has 0 bridgehead atoms. The molecule has 2 amide bonds. The molecule has 1 aromatic carbocycles. The minimum Gasteiger partial charge on any atom is -0.467 e. The Morgan fingerprint density at radius 2 is 2.03 bits per heavy atom. The van der Waals surface area contributed by atoms with E-state index in [9.17, 15) is 14.4 Å². The molecule has 1 saturated heterocycles. The molecule has 2 atom stereocenters. The van der Waals surface area contributed by atoms with Crippen molar-refractivity contribution in [2.45, 2.75) is 31.7 Å². The highest BCUT2D eigenvalue weighted by Crippen LogP contribution is 2.23. The zero-order valence-electron chi connectivity index (χ0n) is 18.2. The SMILES string of the molecule is COC(=O)[C@H](NC(=O)C1CCN(C(=O)Cc2ccc3c(n2)NCCC3)C1)c1ccccc1. The van der Waals surface area contributed by atoms with E-state index in [0.717, 1.165) is 30.9 Å². The van der Waals surface area contributed by atoms with Crippen molar-refractivity contribution in [1.29, 1.82) is 0 Å². The van der Waals surface area contributed by atoms with Gasteiger partial charge < -0.3 is 20.3 Å². The second kappa shape index (κ2) is 9.80. The van der Waals surface area contributed by atoms with Gasteiger partial charge in [-0.3, -0.25) is 9.59 Å². The number of likely N-dealkylation sites (tertiary alicyclic amines) is 1. The van der Waals surface area contributed by atoms with Crippen LogP contribution in [0.25, 0.3) is 0 Å². The second-order valence-electron chi connectivity index (χ2n) is 8.22. The number of hydrogen-bond donors (Lipinski definition) is 2. The van der Waals surface area contributed by atoms with Crippen LogP contribution in [-0.4, -0.2) is 54.4 Å². The van der Waals surface area contributed by atoms with Crippen molar-refractivity contribution >= 4 is 23.6 Å². The van der Waals surface area contributed by atoms with Crippen LogP contribution >= 0.6 is 0 Å². The molecule has 8 heteroatoms. The third-order valence-electron chi connectivity index (χ3n) is 6.05. The van der Waals surface area contributed by atoms with E-state index < -0.39 is 12.0 Å². The van der Waals surface area contributed by atoms with Crippen LogP contribution in [0.5, 0.6) is 0 Å². The highest BCUT2D eigenvalue weighted by molar-refractivity contribution is 5.88. The number of nitrogens with one attached hydrogen (secondary N) is 2. The summed E-state index contributed by atoms with van der Waals surface area (Å²) in [6.45, 7) is 1.74. The molecule has 2 aliphatic rings. The maximum Gasteiger partial charge on any atom is 0.333 e. The molecular formula is C24H28N4O4. The van der Waals surface area contributed by atoms with Gasteiger partial charge in [-0.15, -0.1) is 0 Å². The van der Waals surface area contributed by atoms with Crippen molar-refractivity contribution in [2.24, 2.45) is 5.92 Å². The highest BCUT2D eigenvalue weighted by atomic mass is 16.5. The summed E-state index contributed by atoms with van der Waals surface area (Å²) in [6.07, 6.45) is 2.85. The van der Waals surface area contributed by atoms with E-state index in [1.807, 2.05) is 18.2 Å². The van der Waals surface area contributed by atoms with E-state index >= 15 is 0 Å². The predicted octanol–water partition coefficient (Wildman–Crippen LogP) is 1.86. The summed E-state index contributed by atoms with van der Waals surface area (Å²) in [4.78, 5) is 44.2. The number of aromatic nitrogens is 1. The molecule has 2 N–H and O–H groups in total. The number of carbonyl (C=O) groups is 3. The Morgan fingerprint density at radius 1 is 1.22 bits per heavy atom. The van der Waals surface area contributed by atoms with E-state index in [1.54, 1.807) is 29.2 Å². The topological polar surface area (TPSA) is 101 Å². The fourth-order valence-corrected chi connectivity index (χ4v) is 4.24. The number of carbonyl (C=O) groups excluding carboxylic acids is 3. The van der Waals surface area contributed by atoms with E-state index in [-0.39, 0.29) is 24.2 Å². The number of hydrogen-bond acceptors (Lipinski definition) is 6. The summed E-state index contributed by atoms with van der Waals surface area (Å²) in [6, 6.07) is 12.1. The van der Waals surface area contributed by atoms with Gasteiger partial charge >= 0.3 is 5.97 Å². The second-order valence-corrected chi connectivity index (χ2v) is 8.22. The zero-order valence-corrected chi connectivity index (χ0v) is 18.2. The molecule has 0 radical (unpaired) electrons. The van der Waals surface area contributed by atoms with Crippen molar-refractivity contribution in [3.63, 3.8) is 0 Å². The van der Waals surface area contributed by atoms with E-state index in [1.165, 1.54) is 12.7 Å². The lowest BCUT2D eigenvalue weighted by molar-refractivity contribution is -0.145. The number of pyridine rings is 1. The number of fused-ring (bicyclic) bond motifs is 1. The first kappa shape index (κ1) is 21.8. The van der Waals surface area contributed by atoms with Crippen molar-refractivity contribution in [2.75, 3.05) is 32.1 Å². The lowest BCUT2D eigenvalue weighted by atomic mass is 10.0. The van der Waals surface area contributed by atoms with Crippen molar-refractivity contribution in [1.82, 2.24) is 15.2 Å². The van der Waals surface area contributed by atoms with Gasteiger partial charge in [0.25, 0.3) is 0 Å². The van der Waals surface area contributed by atoms with Crippen molar-refractivity contribution in [3.8, 4) is 0 Å². The number of aryl methyl sites for hydroxylation is 1. The molecule has 0 saturated carbocycles. The Hall–Kier alpha value is -3.42. The Balaban J connectivity index is 1.35. The lowest BCUT2D eigenvalue weighted by Gasteiger charge is -2.20. The van der Waals surface area contributed by atoms with Crippen LogP contribution in [0.2, 0.25) is 0 Å². The van der Waals surface area contributed by atoms with Crippen molar-refractivity contribution in [3.05, 3.63) is 59.3 Å². The average molecular weight is 437 g/mol. The fourth-order valence-electron chi connectivity index (χ4n) is 4.24. The van der Waals surface area contributed by atoms with E-state index in [4.69, 9.17) is 4.74 Å². The van der Waals surface area contributed by atoms with Crippen LogP contribution in [0, 0.1) is 5.92 Å². The quantitative estimate of drug-likeness (QED) is 0.671. The minimum absolute atomic E-state index is 0.0452. The molecule has 0 spiro atoms. The number of anilines is 1. The monoisotopic (exact) mass is 436 g/mol. The number of methoxy groups -OCH3 is 1. The molecule has 1 fully saturated rings. The molecule has 2 aromatic rings. The Kier molecular flexibility index (Phi) is 6.68. The number of esters is 1. The summed E-state index contributed by atoms with van der Waals surface area (Å²) in [5, 5.41) is 6.08. The molecule has 32 heavy (non-hydrogen) atoms. The number of amides is 2. The lowest BCUT2D eigenvalue weighted by Crippen LogP contribution is -2.40. The van der Waals surface area contributed by atoms with Crippen LogP contribution in [-0.2, 0) is 32.0 Å². The van der Waals surface area contributed by atoms with Gasteiger partial charge in [0, 0.05) is 19.6 Å².